The molecular formula is C28H38O3. The van der Waals surface area contributed by atoms with Gasteiger partial charge in [0.25, 0.3) is 0 Å². The van der Waals surface area contributed by atoms with Gasteiger partial charge in [-0.25, -0.2) is 4.79 Å². The molecule has 31 heavy (non-hydrogen) atoms. The number of esters is 1. The monoisotopic (exact) mass is 422 g/mol. The molecule has 3 heteroatoms. The second-order valence-corrected chi connectivity index (χ2v) is 8.67. The Hall–Kier alpha value is -2.39. The lowest BCUT2D eigenvalue weighted by Crippen LogP contribution is -2.13. The quantitative estimate of drug-likeness (QED) is 0.371. The summed E-state index contributed by atoms with van der Waals surface area (Å²) >= 11 is 0. The minimum absolute atomic E-state index is 0.179. The number of ether oxygens (including phenoxy) is 2. The Morgan fingerprint density at radius 3 is 1.45 bits per heavy atom. The summed E-state index contributed by atoms with van der Waals surface area (Å²) in [6, 6.07) is 0. The maximum Gasteiger partial charge on any atom is 0.336 e. The number of rotatable bonds is 7. The number of carbonyl (C=O) groups excluding carboxylic acids is 1. The molecule has 0 aromatic heterocycles. The maximum absolute atomic E-state index is 12.2. The highest BCUT2D eigenvalue weighted by Crippen LogP contribution is 2.41. The van der Waals surface area contributed by atoms with Gasteiger partial charge >= 0.3 is 5.97 Å². The van der Waals surface area contributed by atoms with E-state index in [2.05, 4.69) is 68.9 Å². The number of benzene rings is 2. The zero-order chi connectivity index (χ0) is 23.6. The molecule has 2 aromatic rings. The maximum atomic E-state index is 12.2. The largest absolute Gasteiger partial charge is 0.457 e. The van der Waals surface area contributed by atoms with E-state index in [1.165, 1.54) is 61.2 Å². The van der Waals surface area contributed by atoms with E-state index < -0.39 is 5.97 Å². The molecule has 0 radical (unpaired) electrons. The highest BCUT2D eigenvalue weighted by atomic mass is 16.5. The van der Waals surface area contributed by atoms with E-state index in [9.17, 15) is 4.79 Å². The summed E-state index contributed by atoms with van der Waals surface area (Å²) in [5, 5.41) is 0. The van der Waals surface area contributed by atoms with Crippen molar-refractivity contribution in [3.05, 3.63) is 67.8 Å². The fraction of sp³-hybridized carbons (Fsp3) is 0.464. The molecule has 0 unspecified atom stereocenters. The molecule has 0 aliphatic carbocycles. The number of methoxy groups -OCH3 is 1. The normalized spacial score (nSPS) is 11.0. The van der Waals surface area contributed by atoms with Crippen LogP contribution < -0.4 is 0 Å². The second-order valence-electron chi connectivity index (χ2n) is 8.67. The van der Waals surface area contributed by atoms with Crippen LogP contribution in [0, 0.1) is 55.4 Å². The summed E-state index contributed by atoms with van der Waals surface area (Å²) in [7, 11) is 1.54. The van der Waals surface area contributed by atoms with E-state index in [-0.39, 0.29) is 13.2 Å². The molecule has 0 aliphatic heterocycles. The molecular weight excluding hydrogens is 384 g/mol. The Labute approximate surface area is 188 Å². The lowest BCUT2D eigenvalue weighted by Gasteiger charge is -2.26. The van der Waals surface area contributed by atoms with Crippen LogP contribution in [0.15, 0.2) is 12.2 Å². The van der Waals surface area contributed by atoms with Crippen LogP contribution in [0.5, 0.6) is 0 Å². The van der Waals surface area contributed by atoms with Gasteiger partial charge in [0.15, 0.2) is 0 Å². The summed E-state index contributed by atoms with van der Waals surface area (Å²) in [4.78, 5) is 12.2. The van der Waals surface area contributed by atoms with Crippen LogP contribution in [0.25, 0.3) is 11.1 Å². The average molecular weight is 423 g/mol. The highest BCUT2D eigenvalue weighted by Gasteiger charge is 2.22. The van der Waals surface area contributed by atoms with Gasteiger partial charge in [0, 0.05) is 7.11 Å². The van der Waals surface area contributed by atoms with Crippen LogP contribution in [-0.4, -0.2) is 19.7 Å². The first-order valence-corrected chi connectivity index (χ1v) is 11.0. The van der Waals surface area contributed by atoms with Crippen LogP contribution in [-0.2, 0) is 27.3 Å². The van der Waals surface area contributed by atoms with E-state index >= 15 is 0 Å². The molecule has 0 aliphatic rings. The van der Waals surface area contributed by atoms with Crippen molar-refractivity contribution < 1.29 is 14.3 Å². The Balaban J connectivity index is 2.63. The van der Waals surface area contributed by atoms with Crippen molar-refractivity contribution in [1.29, 1.82) is 0 Å². The van der Waals surface area contributed by atoms with Crippen molar-refractivity contribution in [3.8, 4) is 11.1 Å². The zero-order valence-electron chi connectivity index (χ0n) is 21.1. The Bertz CT molecular complexity index is 983. The van der Waals surface area contributed by atoms with Crippen LogP contribution >= 0.6 is 0 Å². The minimum Gasteiger partial charge on any atom is -0.457 e. The van der Waals surface area contributed by atoms with Crippen LogP contribution in [0.3, 0.4) is 0 Å². The third-order valence-electron chi connectivity index (χ3n) is 7.12. The first-order valence-electron chi connectivity index (χ1n) is 11.0. The Morgan fingerprint density at radius 2 is 1.10 bits per heavy atom. The van der Waals surface area contributed by atoms with Crippen molar-refractivity contribution in [2.75, 3.05) is 13.7 Å². The predicted molar refractivity (Wildman–Crippen MR) is 130 cm³/mol. The molecule has 3 nitrogen and oxygen atoms in total. The van der Waals surface area contributed by atoms with Gasteiger partial charge in [-0.1, -0.05) is 13.5 Å². The predicted octanol–water partition coefficient (Wildman–Crippen LogP) is 6.63. The van der Waals surface area contributed by atoms with Gasteiger partial charge in [0.2, 0.25) is 0 Å². The van der Waals surface area contributed by atoms with Crippen LogP contribution in [0.2, 0.25) is 0 Å². The zero-order valence-corrected chi connectivity index (χ0v) is 21.1. The molecule has 2 aromatic carbocycles. The second kappa shape index (κ2) is 9.82. The number of carbonyl (C=O) groups is 1. The lowest BCUT2D eigenvalue weighted by molar-refractivity contribution is -0.140. The van der Waals surface area contributed by atoms with Gasteiger partial charge in [0.1, 0.15) is 6.61 Å². The molecule has 0 amide bonds. The van der Waals surface area contributed by atoms with Crippen molar-refractivity contribution in [3.63, 3.8) is 0 Å². The molecule has 0 bridgehead atoms. The lowest BCUT2D eigenvalue weighted by atomic mass is 9.79. The van der Waals surface area contributed by atoms with E-state index in [1.54, 1.807) is 7.11 Å². The first kappa shape index (κ1) is 24.9. The standard InChI is InChI=1S/C28H38O3/c1-12-24-16(3)20(7)26(21(8)17(24)4)27-22(9)18(5)25(19(6)23(27)10)14-31-28(29)15(2)13-30-11/h2,12-14H2,1,3-11H3. The average Bonchev–Trinajstić information content (AvgIpc) is 2.73. The molecule has 2 rings (SSSR count). The molecule has 0 saturated heterocycles. The van der Waals surface area contributed by atoms with Gasteiger partial charge in [-0.05, 0) is 129 Å². The summed E-state index contributed by atoms with van der Waals surface area (Å²) in [6.07, 6.45) is 1.05. The summed E-state index contributed by atoms with van der Waals surface area (Å²) in [5.41, 5.74) is 15.9. The van der Waals surface area contributed by atoms with Gasteiger partial charge in [-0.15, -0.1) is 0 Å². The van der Waals surface area contributed by atoms with Crippen LogP contribution in [0.4, 0.5) is 0 Å². The molecule has 0 atom stereocenters. The van der Waals surface area contributed by atoms with Gasteiger partial charge < -0.3 is 9.47 Å². The molecule has 0 spiro atoms. The van der Waals surface area contributed by atoms with E-state index in [1.807, 2.05) is 0 Å². The number of hydrogen-bond donors (Lipinski definition) is 0. The van der Waals surface area contributed by atoms with Crippen molar-refractivity contribution in [2.45, 2.75) is 75.3 Å². The molecule has 0 fully saturated rings. The number of hydrogen-bond acceptors (Lipinski definition) is 3. The van der Waals surface area contributed by atoms with Crippen molar-refractivity contribution in [1.82, 2.24) is 0 Å². The minimum atomic E-state index is -0.409. The van der Waals surface area contributed by atoms with Gasteiger partial charge in [-0.3, -0.25) is 0 Å². The SMILES string of the molecule is C=C(COC)C(=O)OCc1c(C)c(C)c(-c2c(C)c(C)c(CC)c(C)c2C)c(C)c1C. The first-order chi connectivity index (χ1) is 14.5. The van der Waals surface area contributed by atoms with Gasteiger partial charge in [-0.2, -0.15) is 0 Å². The molecule has 0 saturated carbocycles. The molecule has 0 heterocycles. The fourth-order valence-corrected chi connectivity index (χ4v) is 4.75. The highest BCUT2D eigenvalue weighted by molar-refractivity contribution is 5.88. The Morgan fingerprint density at radius 1 is 0.710 bits per heavy atom. The Kier molecular flexibility index (Phi) is 7.88. The van der Waals surface area contributed by atoms with Crippen LogP contribution in [0.1, 0.15) is 62.6 Å². The fourth-order valence-electron chi connectivity index (χ4n) is 4.75. The van der Waals surface area contributed by atoms with Crippen molar-refractivity contribution >= 4 is 5.97 Å². The van der Waals surface area contributed by atoms with E-state index in [0.29, 0.717) is 5.57 Å². The summed E-state index contributed by atoms with van der Waals surface area (Å²) in [6.45, 7) is 24.0. The van der Waals surface area contributed by atoms with E-state index in [0.717, 1.165) is 12.0 Å². The third-order valence-corrected chi connectivity index (χ3v) is 7.12. The summed E-state index contributed by atoms with van der Waals surface area (Å²) in [5.74, 6) is -0.409. The third kappa shape index (κ3) is 4.48. The topological polar surface area (TPSA) is 35.5 Å². The van der Waals surface area contributed by atoms with Gasteiger partial charge in [0.05, 0.1) is 12.2 Å². The van der Waals surface area contributed by atoms with Crippen molar-refractivity contribution in [2.24, 2.45) is 0 Å². The smallest absolute Gasteiger partial charge is 0.336 e. The van der Waals surface area contributed by atoms with E-state index in [4.69, 9.17) is 9.47 Å². The molecule has 0 N–H and O–H groups in total. The molecule has 168 valence electrons. The summed E-state index contributed by atoms with van der Waals surface area (Å²) < 4.78 is 10.5.